The van der Waals surface area contributed by atoms with E-state index >= 15 is 0 Å². The minimum Gasteiger partial charge on any atom is -0.472 e. The molecule has 0 atom stereocenters. The van der Waals surface area contributed by atoms with Crippen molar-refractivity contribution in [3.05, 3.63) is 77.5 Å². The summed E-state index contributed by atoms with van der Waals surface area (Å²) < 4.78 is 7.63. The summed E-state index contributed by atoms with van der Waals surface area (Å²) in [5.41, 5.74) is 8.66. The first-order valence-electron chi connectivity index (χ1n) is 9.08. The van der Waals surface area contributed by atoms with Gasteiger partial charge in [0, 0.05) is 23.9 Å². The minimum absolute atomic E-state index is 0.0911. The van der Waals surface area contributed by atoms with Crippen molar-refractivity contribution in [1.29, 1.82) is 5.41 Å². The van der Waals surface area contributed by atoms with Gasteiger partial charge in [0.15, 0.2) is 0 Å². The molecule has 0 unspecified atom stereocenters. The number of benzene rings is 2. The highest BCUT2D eigenvalue weighted by molar-refractivity contribution is 6.45. The number of hydrogen-bond donors (Lipinski definition) is 2. The number of nitrogens with two attached hydrogens (primary N) is 1. The molecule has 1 aromatic heterocycles. The molecule has 1 aliphatic rings. The normalized spacial score (nSPS) is 13.1. The lowest BCUT2D eigenvalue weighted by atomic mass is 10.1. The van der Waals surface area contributed by atoms with Crippen molar-refractivity contribution in [2.45, 2.75) is 19.7 Å². The summed E-state index contributed by atoms with van der Waals surface area (Å²) in [6.07, 6.45) is 0. The molecule has 3 N–H and O–H groups in total. The van der Waals surface area contributed by atoms with Gasteiger partial charge in [-0.3, -0.25) is 14.9 Å². The predicted molar refractivity (Wildman–Crippen MR) is 106 cm³/mol. The Morgan fingerprint density at radius 3 is 2.64 bits per heavy atom. The monoisotopic (exact) mass is 375 g/mol. The van der Waals surface area contributed by atoms with Crippen LogP contribution in [0.2, 0.25) is 0 Å². The minimum atomic E-state index is -0.336. The quantitative estimate of drug-likeness (QED) is 0.529. The molecule has 0 fully saturated rings. The van der Waals surface area contributed by atoms with E-state index in [9.17, 15) is 4.79 Å². The Bertz CT molecular complexity index is 1010. The molecule has 0 spiro atoms. The fourth-order valence-corrected chi connectivity index (χ4v) is 3.21. The SMILES string of the molecule is N=C(C(=O)N1CCn2nc(OCc3ccccc3)cc2C1)c1ccccc1N. The number of nitrogens with zero attached hydrogens (tertiary/aromatic N) is 3. The Morgan fingerprint density at radius 1 is 1.11 bits per heavy atom. The second-order valence-corrected chi connectivity index (χ2v) is 6.66. The Hall–Kier alpha value is -3.61. The third-order valence-electron chi connectivity index (χ3n) is 4.74. The molecule has 4 rings (SSSR count). The number of anilines is 1. The largest absolute Gasteiger partial charge is 0.472 e. The van der Waals surface area contributed by atoms with Crippen LogP contribution in [0.1, 0.15) is 16.8 Å². The van der Waals surface area contributed by atoms with Crippen LogP contribution in [-0.4, -0.2) is 32.8 Å². The third kappa shape index (κ3) is 3.59. The van der Waals surface area contributed by atoms with Gasteiger partial charge in [0.25, 0.3) is 5.91 Å². The maximum absolute atomic E-state index is 12.8. The third-order valence-corrected chi connectivity index (χ3v) is 4.74. The van der Waals surface area contributed by atoms with Crippen LogP contribution in [0.25, 0.3) is 0 Å². The summed E-state index contributed by atoms with van der Waals surface area (Å²) in [7, 11) is 0. The Labute approximate surface area is 162 Å². The van der Waals surface area contributed by atoms with Gasteiger partial charge in [-0.25, -0.2) is 0 Å². The lowest BCUT2D eigenvalue weighted by molar-refractivity contribution is -0.125. The molecule has 1 amide bonds. The molecule has 2 aromatic carbocycles. The first-order valence-corrected chi connectivity index (χ1v) is 9.08. The van der Waals surface area contributed by atoms with E-state index in [1.54, 1.807) is 29.2 Å². The molecule has 0 saturated heterocycles. The number of rotatable bonds is 5. The summed E-state index contributed by atoms with van der Waals surface area (Å²) in [6.45, 7) is 1.88. The van der Waals surface area contributed by atoms with Crippen molar-refractivity contribution in [2.75, 3.05) is 12.3 Å². The lowest BCUT2D eigenvalue weighted by Gasteiger charge is -2.27. The molecule has 0 bridgehead atoms. The number of hydrogen-bond acceptors (Lipinski definition) is 5. The van der Waals surface area contributed by atoms with E-state index in [1.165, 1.54) is 0 Å². The zero-order chi connectivity index (χ0) is 19.5. The number of aromatic nitrogens is 2. The molecule has 7 heteroatoms. The summed E-state index contributed by atoms with van der Waals surface area (Å²) in [6, 6.07) is 18.7. The fraction of sp³-hybridized carbons (Fsp3) is 0.190. The van der Waals surface area contributed by atoms with Gasteiger partial charge in [0.2, 0.25) is 5.88 Å². The molecular weight excluding hydrogens is 354 g/mol. The van der Waals surface area contributed by atoms with Gasteiger partial charge in [-0.1, -0.05) is 48.5 Å². The smallest absolute Gasteiger partial charge is 0.272 e. The maximum Gasteiger partial charge on any atom is 0.272 e. The first kappa shape index (κ1) is 17.8. The number of carbonyl (C=O) groups excluding carboxylic acids is 1. The second kappa shape index (κ2) is 7.56. The summed E-state index contributed by atoms with van der Waals surface area (Å²) >= 11 is 0. The van der Waals surface area contributed by atoms with Gasteiger partial charge in [0.1, 0.15) is 12.3 Å². The number of amides is 1. The molecule has 2 heterocycles. The highest BCUT2D eigenvalue weighted by atomic mass is 16.5. The number of para-hydroxylation sites is 1. The van der Waals surface area contributed by atoms with Gasteiger partial charge >= 0.3 is 0 Å². The standard InChI is InChI=1S/C21H21N5O2/c22-18-9-5-4-8-17(18)20(23)21(27)25-10-11-26-16(13-25)12-19(24-26)28-14-15-6-2-1-3-7-15/h1-9,12,23H,10-11,13-14,22H2. The average molecular weight is 375 g/mol. The lowest BCUT2D eigenvalue weighted by Crippen LogP contribution is -2.42. The van der Waals surface area contributed by atoms with E-state index < -0.39 is 0 Å². The number of nitrogen functional groups attached to an aromatic ring is 1. The summed E-state index contributed by atoms with van der Waals surface area (Å²) in [5.74, 6) is 0.202. The van der Waals surface area contributed by atoms with Gasteiger partial charge in [-0.05, 0) is 11.6 Å². The number of nitrogens with one attached hydrogen (secondary N) is 1. The van der Waals surface area contributed by atoms with Crippen molar-refractivity contribution in [3.63, 3.8) is 0 Å². The Balaban J connectivity index is 1.43. The molecule has 0 saturated carbocycles. The Kier molecular flexibility index (Phi) is 4.80. The van der Waals surface area contributed by atoms with Crippen LogP contribution >= 0.6 is 0 Å². The highest BCUT2D eigenvalue weighted by Gasteiger charge is 2.26. The van der Waals surface area contributed by atoms with E-state index in [-0.39, 0.29) is 11.6 Å². The van der Waals surface area contributed by atoms with Gasteiger partial charge in [-0.15, -0.1) is 5.10 Å². The zero-order valence-corrected chi connectivity index (χ0v) is 15.3. The topological polar surface area (TPSA) is 97.2 Å². The summed E-state index contributed by atoms with van der Waals surface area (Å²) in [5, 5.41) is 12.7. The van der Waals surface area contributed by atoms with Crippen molar-refractivity contribution in [3.8, 4) is 5.88 Å². The molecule has 0 aliphatic carbocycles. The van der Waals surface area contributed by atoms with Gasteiger partial charge in [-0.2, -0.15) is 0 Å². The zero-order valence-electron chi connectivity index (χ0n) is 15.3. The predicted octanol–water partition coefficient (Wildman–Crippen LogP) is 2.45. The number of ether oxygens (including phenoxy) is 1. The van der Waals surface area contributed by atoms with Crippen molar-refractivity contribution < 1.29 is 9.53 Å². The first-order chi connectivity index (χ1) is 13.6. The van der Waals surface area contributed by atoms with Gasteiger partial charge < -0.3 is 15.4 Å². The Morgan fingerprint density at radius 2 is 1.86 bits per heavy atom. The molecule has 0 radical (unpaired) electrons. The van der Waals surface area contributed by atoms with Crippen molar-refractivity contribution in [1.82, 2.24) is 14.7 Å². The van der Waals surface area contributed by atoms with Crippen LogP contribution in [-0.2, 0) is 24.5 Å². The van der Waals surface area contributed by atoms with Crippen LogP contribution in [0.5, 0.6) is 5.88 Å². The molecule has 7 nitrogen and oxygen atoms in total. The molecule has 142 valence electrons. The van der Waals surface area contributed by atoms with E-state index in [0.29, 0.717) is 43.4 Å². The van der Waals surface area contributed by atoms with Crippen LogP contribution in [0.15, 0.2) is 60.7 Å². The van der Waals surface area contributed by atoms with Crippen molar-refractivity contribution in [2.24, 2.45) is 0 Å². The van der Waals surface area contributed by atoms with Gasteiger partial charge in [0.05, 0.1) is 18.8 Å². The van der Waals surface area contributed by atoms with Crippen LogP contribution in [0.3, 0.4) is 0 Å². The molecule has 28 heavy (non-hydrogen) atoms. The number of carbonyl (C=O) groups is 1. The molecular formula is C21H21N5O2. The van der Waals surface area contributed by atoms with Crippen LogP contribution < -0.4 is 10.5 Å². The maximum atomic E-state index is 12.8. The molecule has 1 aliphatic heterocycles. The summed E-state index contributed by atoms with van der Waals surface area (Å²) in [4.78, 5) is 14.4. The second-order valence-electron chi connectivity index (χ2n) is 6.66. The van der Waals surface area contributed by atoms with E-state index in [2.05, 4.69) is 5.10 Å². The fourth-order valence-electron chi connectivity index (χ4n) is 3.21. The van der Waals surface area contributed by atoms with E-state index in [4.69, 9.17) is 15.9 Å². The van der Waals surface area contributed by atoms with E-state index in [1.807, 2.05) is 41.1 Å². The average Bonchev–Trinajstić information content (AvgIpc) is 3.14. The number of fused-ring (bicyclic) bond motifs is 1. The van der Waals surface area contributed by atoms with E-state index in [0.717, 1.165) is 11.3 Å². The van der Waals surface area contributed by atoms with Crippen LogP contribution in [0, 0.1) is 5.41 Å². The molecule has 3 aromatic rings. The van der Waals surface area contributed by atoms with Crippen LogP contribution in [0.4, 0.5) is 5.69 Å². The highest BCUT2D eigenvalue weighted by Crippen LogP contribution is 2.20. The van der Waals surface area contributed by atoms with Crippen molar-refractivity contribution >= 4 is 17.3 Å².